The summed E-state index contributed by atoms with van der Waals surface area (Å²) < 4.78 is 43.2. The van der Waals surface area contributed by atoms with Crippen molar-refractivity contribution in [2.24, 2.45) is 0 Å². The zero-order valence-corrected chi connectivity index (χ0v) is 14.1. The number of hydrogen-bond donors (Lipinski definition) is 0. The number of amides is 1. The number of nitrogens with zero attached hydrogens (tertiary/aromatic N) is 2. The average Bonchev–Trinajstić information content (AvgIpc) is 2.43. The second-order valence-electron chi connectivity index (χ2n) is 5.35. The third kappa shape index (κ3) is 4.99. The summed E-state index contributed by atoms with van der Waals surface area (Å²) in [4.78, 5) is 17.6. The standard InChI is InChI=1S/C14H16ClF3N2O2S/c1-8-5-20(6-9(2)22-8)12(21)7-23-13-11(15)3-10(4-19-13)14(16,17)18/h3-4,8-9H,5-7H2,1-2H3/t8-,9-/m1/s1. The first-order valence-electron chi connectivity index (χ1n) is 6.95. The van der Waals surface area contributed by atoms with Crippen molar-refractivity contribution in [2.75, 3.05) is 18.8 Å². The fraction of sp³-hybridized carbons (Fsp3) is 0.571. The summed E-state index contributed by atoms with van der Waals surface area (Å²) in [7, 11) is 0. The van der Waals surface area contributed by atoms with Crippen LogP contribution >= 0.6 is 23.4 Å². The van der Waals surface area contributed by atoms with Crippen molar-refractivity contribution in [3.63, 3.8) is 0 Å². The lowest BCUT2D eigenvalue weighted by Gasteiger charge is -2.35. The number of rotatable bonds is 3. The molecule has 0 saturated carbocycles. The minimum Gasteiger partial charge on any atom is -0.372 e. The predicted octanol–water partition coefficient (Wildman–Crippen LogP) is 3.48. The molecular weight excluding hydrogens is 353 g/mol. The molecule has 1 fully saturated rings. The van der Waals surface area contributed by atoms with E-state index in [2.05, 4.69) is 4.98 Å². The van der Waals surface area contributed by atoms with E-state index in [4.69, 9.17) is 16.3 Å². The van der Waals surface area contributed by atoms with E-state index in [0.717, 1.165) is 24.0 Å². The van der Waals surface area contributed by atoms with E-state index in [1.807, 2.05) is 13.8 Å². The molecule has 1 aliphatic heterocycles. The number of morpholine rings is 1. The number of hydrogen-bond acceptors (Lipinski definition) is 4. The van der Waals surface area contributed by atoms with Crippen LogP contribution in [0.5, 0.6) is 0 Å². The first kappa shape index (κ1) is 18.4. The molecule has 2 atom stereocenters. The summed E-state index contributed by atoms with van der Waals surface area (Å²) in [5.74, 6) is -0.0490. The van der Waals surface area contributed by atoms with E-state index in [-0.39, 0.29) is 33.9 Å². The maximum absolute atomic E-state index is 12.6. The van der Waals surface area contributed by atoms with Gasteiger partial charge in [-0.2, -0.15) is 13.2 Å². The summed E-state index contributed by atoms with van der Waals surface area (Å²) in [5, 5.41) is 0.101. The van der Waals surface area contributed by atoms with Crippen molar-refractivity contribution >= 4 is 29.3 Å². The Hall–Kier alpha value is -0.990. The minimum atomic E-state index is -4.49. The van der Waals surface area contributed by atoms with Gasteiger partial charge in [0.1, 0.15) is 5.03 Å². The molecule has 0 aliphatic carbocycles. The second kappa shape index (κ2) is 7.27. The zero-order valence-electron chi connectivity index (χ0n) is 12.6. The number of alkyl halides is 3. The van der Waals surface area contributed by atoms with Crippen molar-refractivity contribution in [2.45, 2.75) is 37.3 Å². The summed E-state index contributed by atoms with van der Waals surface area (Å²) in [6, 6.07) is 0.820. The molecule has 1 aromatic heterocycles. The molecule has 0 aromatic carbocycles. The van der Waals surface area contributed by atoms with Gasteiger partial charge in [0.2, 0.25) is 5.91 Å². The molecule has 1 amide bonds. The van der Waals surface area contributed by atoms with E-state index in [0.29, 0.717) is 13.1 Å². The highest BCUT2D eigenvalue weighted by Crippen LogP contribution is 2.33. The summed E-state index contributed by atoms with van der Waals surface area (Å²) >= 11 is 6.85. The van der Waals surface area contributed by atoms with Gasteiger partial charge in [-0.25, -0.2) is 4.98 Å². The molecule has 0 spiro atoms. The van der Waals surface area contributed by atoms with Gasteiger partial charge in [0, 0.05) is 19.3 Å². The van der Waals surface area contributed by atoms with Gasteiger partial charge < -0.3 is 9.64 Å². The molecule has 1 aliphatic rings. The Kier molecular flexibility index (Phi) is 5.80. The minimum absolute atomic E-state index is 0.0412. The van der Waals surface area contributed by atoms with Gasteiger partial charge in [0.05, 0.1) is 28.5 Å². The smallest absolute Gasteiger partial charge is 0.372 e. The molecule has 0 radical (unpaired) electrons. The molecule has 0 N–H and O–H groups in total. The number of thioether (sulfide) groups is 1. The number of halogens is 4. The number of carbonyl (C=O) groups is 1. The second-order valence-corrected chi connectivity index (χ2v) is 6.72. The van der Waals surface area contributed by atoms with Gasteiger partial charge in [-0.1, -0.05) is 23.4 Å². The highest BCUT2D eigenvalue weighted by molar-refractivity contribution is 8.00. The fourth-order valence-corrected chi connectivity index (χ4v) is 3.39. The first-order valence-corrected chi connectivity index (χ1v) is 8.32. The van der Waals surface area contributed by atoms with Crippen LogP contribution in [0.3, 0.4) is 0 Å². The van der Waals surface area contributed by atoms with Gasteiger partial charge in [-0.15, -0.1) is 0 Å². The Labute approximate surface area is 141 Å². The van der Waals surface area contributed by atoms with Gasteiger partial charge in [0.25, 0.3) is 0 Å². The largest absolute Gasteiger partial charge is 0.417 e. The van der Waals surface area contributed by atoms with Crippen LogP contribution in [0.1, 0.15) is 19.4 Å². The van der Waals surface area contributed by atoms with E-state index >= 15 is 0 Å². The molecule has 0 unspecified atom stereocenters. The van der Waals surface area contributed by atoms with E-state index in [1.54, 1.807) is 4.90 Å². The molecule has 128 valence electrons. The van der Waals surface area contributed by atoms with E-state index in [9.17, 15) is 18.0 Å². The SMILES string of the molecule is C[C@@H]1CN(C(=O)CSc2ncc(C(F)(F)F)cc2Cl)C[C@@H](C)O1. The van der Waals surface area contributed by atoms with Gasteiger partial charge in [0.15, 0.2) is 0 Å². The lowest BCUT2D eigenvalue weighted by Crippen LogP contribution is -2.48. The molecule has 2 rings (SSSR count). The Morgan fingerprint density at radius 3 is 2.57 bits per heavy atom. The quantitative estimate of drug-likeness (QED) is 0.766. The van der Waals surface area contributed by atoms with Crippen LogP contribution in [0.15, 0.2) is 17.3 Å². The highest BCUT2D eigenvalue weighted by Gasteiger charge is 2.32. The molecule has 1 aromatic rings. The molecular formula is C14H16ClF3N2O2S. The molecule has 23 heavy (non-hydrogen) atoms. The van der Waals surface area contributed by atoms with Crippen molar-refractivity contribution in [3.05, 3.63) is 22.8 Å². The number of carbonyl (C=O) groups excluding carboxylic acids is 1. The van der Waals surface area contributed by atoms with Crippen LogP contribution in [0.4, 0.5) is 13.2 Å². The van der Waals surface area contributed by atoms with Crippen LogP contribution in [0.25, 0.3) is 0 Å². The van der Waals surface area contributed by atoms with Crippen LogP contribution in [0, 0.1) is 0 Å². The highest BCUT2D eigenvalue weighted by atomic mass is 35.5. The van der Waals surface area contributed by atoms with Crippen LogP contribution in [-0.2, 0) is 15.7 Å². The van der Waals surface area contributed by atoms with Gasteiger partial charge in [-0.05, 0) is 19.9 Å². The molecule has 0 bridgehead atoms. The Balaban J connectivity index is 1.96. The van der Waals surface area contributed by atoms with Crippen molar-refractivity contribution in [3.8, 4) is 0 Å². The molecule has 4 nitrogen and oxygen atoms in total. The number of pyridine rings is 1. The zero-order chi connectivity index (χ0) is 17.2. The third-order valence-electron chi connectivity index (χ3n) is 3.24. The summed E-state index contributed by atoms with van der Waals surface area (Å²) in [6.45, 7) is 4.77. The maximum atomic E-state index is 12.6. The normalized spacial score (nSPS) is 22.3. The van der Waals surface area contributed by atoms with E-state index in [1.165, 1.54) is 0 Å². The monoisotopic (exact) mass is 368 g/mol. The van der Waals surface area contributed by atoms with Crippen LogP contribution in [-0.4, -0.2) is 46.8 Å². The van der Waals surface area contributed by atoms with Crippen molar-refractivity contribution in [1.29, 1.82) is 0 Å². The Morgan fingerprint density at radius 2 is 2.04 bits per heavy atom. The van der Waals surface area contributed by atoms with E-state index < -0.39 is 11.7 Å². The third-order valence-corrected chi connectivity index (χ3v) is 4.63. The number of aromatic nitrogens is 1. The molecule has 2 heterocycles. The first-order chi connectivity index (χ1) is 10.7. The summed E-state index contributed by atoms with van der Waals surface area (Å²) in [6.07, 6.45) is -3.85. The van der Waals surface area contributed by atoms with Crippen LogP contribution in [0.2, 0.25) is 5.02 Å². The summed E-state index contributed by atoms with van der Waals surface area (Å²) in [5.41, 5.74) is -0.908. The Morgan fingerprint density at radius 1 is 1.43 bits per heavy atom. The van der Waals surface area contributed by atoms with Crippen molar-refractivity contribution < 1.29 is 22.7 Å². The number of ether oxygens (including phenoxy) is 1. The van der Waals surface area contributed by atoms with Gasteiger partial charge in [-0.3, -0.25) is 4.79 Å². The predicted molar refractivity (Wildman–Crippen MR) is 81.6 cm³/mol. The van der Waals surface area contributed by atoms with Crippen molar-refractivity contribution in [1.82, 2.24) is 9.88 Å². The maximum Gasteiger partial charge on any atom is 0.417 e. The topological polar surface area (TPSA) is 42.4 Å². The fourth-order valence-electron chi connectivity index (χ4n) is 2.29. The lowest BCUT2D eigenvalue weighted by molar-refractivity contribution is -0.140. The Bertz CT molecular complexity index is 576. The molecule has 1 saturated heterocycles. The van der Waals surface area contributed by atoms with Gasteiger partial charge >= 0.3 is 6.18 Å². The van der Waals surface area contributed by atoms with Crippen LogP contribution < -0.4 is 0 Å². The lowest BCUT2D eigenvalue weighted by atomic mass is 10.2. The molecule has 9 heteroatoms. The average molecular weight is 369 g/mol.